The van der Waals surface area contributed by atoms with Crippen LogP contribution in [0, 0.1) is 11.3 Å². The number of nitrogens with zero attached hydrogens (tertiary/aromatic N) is 3. The monoisotopic (exact) mass is 398 g/mol. The highest BCUT2D eigenvalue weighted by molar-refractivity contribution is 5.90. The van der Waals surface area contributed by atoms with Crippen LogP contribution in [-0.2, 0) is 6.61 Å². The van der Waals surface area contributed by atoms with Gasteiger partial charge in [0.1, 0.15) is 12.4 Å². The molecule has 150 valence electrons. The third-order valence-electron chi connectivity index (χ3n) is 4.17. The molecule has 0 saturated carbocycles. The molecule has 3 aromatic carbocycles. The van der Waals surface area contributed by atoms with E-state index in [1.54, 1.807) is 18.3 Å². The number of hydrogen-bond acceptors (Lipinski definition) is 4. The average Bonchev–Trinajstić information content (AvgIpc) is 2.80. The Hall–Kier alpha value is -4.11. The summed E-state index contributed by atoms with van der Waals surface area (Å²) in [6, 6.07) is 28.1. The van der Waals surface area contributed by atoms with Gasteiger partial charge in [-0.05, 0) is 47.5 Å². The second kappa shape index (κ2) is 11.0. The zero-order valence-corrected chi connectivity index (χ0v) is 16.4. The maximum absolute atomic E-state index is 12.5. The molecule has 0 unspecified atom stereocenters. The van der Waals surface area contributed by atoms with E-state index >= 15 is 0 Å². The first-order valence-electron chi connectivity index (χ1n) is 9.56. The van der Waals surface area contributed by atoms with Crippen molar-refractivity contribution in [2.75, 3.05) is 11.9 Å². The van der Waals surface area contributed by atoms with Crippen LogP contribution < -0.4 is 10.1 Å². The van der Waals surface area contributed by atoms with E-state index in [1.807, 2.05) is 78.9 Å². The Kier molecular flexibility index (Phi) is 7.58. The van der Waals surface area contributed by atoms with Gasteiger partial charge in [-0.3, -0.25) is 0 Å². The number of hydrogen-bond donors (Lipinski definition) is 1. The van der Waals surface area contributed by atoms with Crippen LogP contribution in [0.25, 0.3) is 0 Å². The standard InChI is InChI=1S/C24H22N4O2/c25-16-7-17-28(24(29)27-22-10-5-2-6-11-22)26-18-20-12-14-23(15-13-20)30-19-21-8-3-1-4-9-21/h1-6,8-15,18H,7,17,19H2,(H,27,29). The van der Waals surface area contributed by atoms with Crippen LogP contribution in [0.3, 0.4) is 0 Å². The van der Waals surface area contributed by atoms with Gasteiger partial charge in [-0.25, -0.2) is 9.80 Å². The molecule has 0 aliphatic heterocycles. The van der Waals surface area contributed by atoms with E-state index in [1.165, 1.54) is 5.01 Å². The molecule has 0 aliphatic carbocycles. The first-order valence-corrected chi connectivity index (χ1v) is 9.56. The van der Waals surface area contributed by atoms with Crippen LogP contribution in [0.5, 0.6) is 5.75 Å². The van der Waals surface area contributed by atoms with Gasteiger partial charge >= 0.3 is 6.03 Å². The Balaban J connectivity index is 1.60. The van der Waals surface area contributed by atoms with Gasteiger partial charge in [0.25, 0.3) is 0 Å². The Morgan fingerprint density at radius 3 is 2.33 bits per heavy atom. The lowest BCUT2D eigenvalue weighted by Crippen LogP contribution is -2.31. The van der Waals surface area contributed by atoms with Crippen LogP contribution >= 0.6 is 0 Å². The Morgan fingerprint density at radius 2 is 1.67 bits per heavy atom. The van der Waals surface area contributed by atoms with Gasteiger partial charge in [0, 0.05) is 5.69 Å². The van der Waals surface area contributed by atoms with Crippen LogP contribution in [0.1, 0.15) is 17.5 Å². The fourth-order valence-corrected chi connectivity index (χ4v) is 2.60. The number of carbonyl (C=O) groups is 1. The minimum Gasteiger partial charge on any atom is -0.489 e. The van der Waals surface area contributed by atoms with Crippen molar-refractivity contribution in [3.63, 3.8) is 0 Å². The fraction of sp³-hybridized carbons (Fsp3) is 0.125. The smallest absolute Gasteiger partial charge is 0.342 e. The molecular formula is C24H22N4O2. The van der Waals surface area contributed by atoms with E-state index in [4.69, 9.17) is 10.00 Å². The first-order chi connectivity index (χ1) is 14.7. The highest BCUT2D eigenvalue weighted by Crippen LogP contribution is 2.14. The molecule has 0 saturated heterocycles. The lowest BCUT2D eigenvalue weighted by Gasteiger charge is -2.16. The summed E-state index contributed by atoms with van der Waals surface area (Å²) < 4.78 is 5.78. The molecule has 30 heavy (non-hydrogen) atoms. The van der Waals surface area contributed by atoms with Gasteiger partial charge in [-0.1, -0.05) is 48.5 Å². The average molecular weight is 398 g/mol. The number of rotatable bonds is 8. The van der Waals surface area contributed by atoms with Crippen molar-refractivity contribution in [1.82, 2.24) is 5.01 Å². The van der Waals surface area contributed by atoms with Crippen LogP contribution in [0.15, 0.2) is 90.0 Å². The van der Waals surface area contributed by atoms with Crippen LogP contribution in [0.4, 0.5) is 10.5 Å². The number of nitriles is 1. The number of nitrogens with one attached hydrogen (secondary N) is 1. The third-order valence-corrected chi connectivity index (χ3v) is 4.17. The summed E-state index contributed by atoms with van der Waals surface area (Å²) in [7, 11) is 0. The maximum Gasteiger partial charge on any atom is 0.342 e. The molecule has 1 N–H and O–H groups in total. The van der Waals surface area contributed by atoms with Crippen LogP contribution in [-0.4, -0.2) is 23.8 Å². The number of hydrazone groups is 1. The highest BCUT2D eigenvalue weighted by Gasteiger charge is 2.12. The van der Waals surface area contributed by atoms with E-state index in [2.05, 4.69) is 10.4 Å². The zero-order valence-electron chi connectivity index (χ0n) is 16.4. The maximum atomic E-state index is 12.5. The summed E-state index contributed by atoms with van der Waals surface area (Å²) in [5, 5.41) is 17.1. The SMILES string of the molecule is N#CCCN(N=Cc1ccc(OCc2ccccc2)cc1)C(=O)Nc1ccccc1. The van der Waals surface area contributed by atoms with Crippen molar-refractivity contribution in [3.05, 3.63) is 96.1 Å². The molecular weight excluding hydrogens is 376 g/mol. The lowest BCUT2D eigenvalue weighted by atomic mass is 10.2. The molecule has 0 aromatic heterocycles. The summed E-state index contributed by atoms with van der Waals surface area (Å²) >= 11 is 0. The Labute approximate surface area is 176 Å². The third kappa shape index (κ3) is 6.50. The van der Waals surface area contributed by atoms with Gasteiger partial charge in [0.05, 0.1) is 25.2 Å². The van der Waals surface area contributed by atoms with Gasteiger partial charge in [-0.15, -0.1) is 0 Å². The number of amides is 2. The van der Waals surface area contributed by atoms with Crippen molar-refractivity contribution in [3.8, 4) is 11.8 Å². The number of anilines is 1. The number of urea groups is 1. The summed E-state index contributed by atoms with van der Waals surface area (Å²) in [5.41, 5.74) is 2.58. The van der Waals surface area contributed by atoms with Gasteiger partial charge in [0.2, 0.25) is 0 Å². The summed E-state index contributed by atoms with van der Waals surface area (Å²) in [4.78, 5) is 12.5. The van der Waals surface area contributed by atoms with E-state index in [0.717, 1.165) is 16.9 Å². The normalized spacial score (nSPS) is 10.4. The second-order valence-corrected chi connectivity index (χ2v) is 6.42. The number of benzene rings is 3. The Bertz CT molecular complexity index is 997. The van der Waals surface area contributed by atoms with Crippen molar-refractivity contribution in [2.24, 2.45) is 5.10 Å². The van der Waals surface area contributed by atoms with Crippen molar-refractivity contribution < 1.29 is 9.53 Å². The largest absolute Gasteiger partial charge is 0.489 e. The molecule has 0 fully saturated rings. The molecule has 3 aromatic rings. The van der Waals surface area contributed by atoms with E-state index < -0.39 is 6.03 Å². The van der Waals surface area contributed by atoms with Gasteiger partial charge in [0.15, 0.2) is 0 Å². The predicted molar refractivity (Wildman–Crippen MR) is 117 cm³/mol. The lowest BCUT2D eigenvalue weighted by molar-refractivity contribution is 0.215. The minimum absolute atomic E-state index is 0.186. The van der Waals surface area contributed by atoms with Crippen LogP contribution in [0.2, 0.25) is 0 Å². The van der Waals surface area contributed by atoms with E-state index in [9.17, 15) is 4.79 Å². The molecule has 0 heterocycles. The fourth-order valence-electron chi connectivity index (χ4n) is 2.60. The van der Waals surface area contributed by atoms with Crippen molar-refractivity contribution >= 4 is 17.9 Å². The molecule has 2 amide bonds. The summed E-state index contributed by atoms with van der Waals surface area (Å²) in [6.07, 6.45) is 1.77. The summed E-state index contributed by atoms with van der Waals surface area (Å²) in [6.45, 7) is 0.694. The second-order valence-electron chi connectivity index (χ2n) is 6.42. The topological polar surface area (TPSA) is 77.7 Å². The summed E-state index contributed by atoms with van der Waals surface area (Å²) in [5.74, 6) is 0.749. The number of carbonyl (C=O) groups excluding carboxylic acids is 1. The molecule has 0 radical (unpaired) electrons. The van der Waals surface area contributed by atoms with Gasteiger partial charge in [-0.2, -0.15) is 10.4 Å². The molecule has 0 atom stereocenters. The Morgan fingerprint density at radius 1 is 1.00 bits per heavy atom. The molecule has 6 heteroatoms. The quantitative estimate of drug-likeness (QED) is 0.426. The predicted octanol–water partition coefficient (Wildman–Crippen LogP) is 5.05. The highest BCUT2D eigenvalue weighted by atomic mass is 16.5. The number of para-hydroxylation sites is 1. The molecule has 6 nitrogen and oxygen atoms in total. The molecule has 0 bridgehead atoms. The van der Waals surface area contributed by atoms with E-state index in [0.29, 0.717) is 12.3 Å². The minimum atomic E-state index is -0.393. The molecule has 3 rings (SSSR count). The first kappa shape index (κ1) is 20.6. The van der Waals surface area contributed by atoms with Gasteiger partial charge < -0.3 is 10.1 Å². The number of ether oxygens (including phenoxy) is 1. The molecule has 0 aliphatic rings. The van der Waals surface area contributed by atoms with Crippen molar-refractivity contribution in [1.29, 1.82) is 5.26 Å². The zero-order chi connectivity index (χ0) is 21.0. The van der Waals surface area contributed by atoms with Crippen molar-refractivity contribution in [2.45, 2.75) is 13.0 Å². The molecule has 0 spiro atoms. The van der Waals surface area contributed by atoms with E-state index in [-0.39, 0.29) is 13.0 Å².